The Bertz CT molecular complexity index is 1080. The van der Waals surface area contributed by atoms with Gasteiger partial charge < -0.3 is 15.8 Å². The van der Waals surface area contributed by atoms with Crippen LogP contribution in [-0.2, 0) is 30.4 Å². The van der Waals surface area contributed by atoms with E-state index in [1.54, 1.807) is 20.8 Å². The molecule has 1 aromatic rings. The molecule has 0 bridgehead atoms. The lowest BCUT2D eigenvalue weighted by atomic mass is 9.98. The first-order valence-corrected chi connectivity index (χ1v) is 14.7. The number of allylic oxidation sites excluding steroid dienone is 1. The number of benzene rings is 1. The van der Waals surface area contributed by atoms with Gasteiger partial charge in [0.25, 0.3) is 5.91 Å². The van der Waals surface area contributed by atoms with Gasteiger partial charge >= 0.3 is 6.18 Å². The van der Waals surface area contributed by atoms with Crippen LogP contribution in [0, 0.1) is 11.8 Å². The van der Waals surface area contributed by atoms with Gasteiger partial charge in [-0.3, -0.25) is 24.2 Å². The molecule has 1 saturated heterocycles. The Hall–Kier alpha value is -3.00. The highest BCUT2D eigenvalue weighted by Gasteiger charge is 2.34. The predicted molar refractivity (Wildman–Crippen MR) is 157 cm³/mol. The Morgan fingerprint density at radius 3 is 2.56 bits per heavy atom. The number of halogens is 3. The zero-order valence-corrected chi connectivity index (χ0v) is 25.6. The van der Waals surface area contributed by atoms with Gasteiger partial charge in [0.15, 0.2) is 6.23 Å². The predicted octanol–water partition coefficient (Wildman–Crippen LogP) is 3.61. The Balaban J connectivity index is 1.98. The molecule has 43 heavy (non-hydrogen) atoms. The number of nitrogens with two attached hydrogens (primary N) is 1. The van der Waals surface area contributed by atoms with E-state index < -0.39 is 54.9 Å². The summed E-state index contributed by atoms with van der Waals surface area (Å²) >= 11 is 0. The average molecular weight is 614 g/mol. The maximum atomic E-state index is 13.1. The third-order valence-electron chi connectivity index (χ3n) is 7.15. The average Bonchev–Trinajstić information content (AvgIpc) is 2.97. The van der Waals surface area contributed by atoms with E-state index in [0.717, 1.165) is 12.0 Å². The van der Waals surface area contributed by atoms with Crippen LogP contribution in [0.4, 0.5) is 13.2 Å². The number of carbonyl (C=O) groups excluding carboxylic acids is 3. The first kappa shape index (κ1) is 36.2. The first-order chi connectivity index (χ1) is 20.2. The summed E-state index contributed by atoms with van der Waals surface area (Å²) in [5.74, 6) is -2.67. The van der Waals surface area contributed by atoms with E-state index in [2.05, 4.69) is 23.1 Å². The van der Waals surface area contributed by atoms with Crippen LogP contribution in [0.3, 0.4) is 0 Å². The highest BCUT2D eigenvalue weighted by Crippen LogP contribution is 2.22. The molecule has 0 spiro atoms. The van der Waals surface area contributed by atoms with Crippen molar-refractivity contribution in [2.45, 2.75) is 97.3 Å². The van der Waals surface area contributed by atoms with Gasteiger partial charge in [-0.2, -0.15) is 18.7 Å². The van der Waals surface area contributed by atoms with Gasteiger partial charge in [-0.1, -0.05) is 64.1 Å². The van der Waals surface area contributed by atoms with Gasteiger partial charge in [0.1, 0.15) is 18.7 Å². The quantitative estimate of drug-likeness (QED) is 0.165. The molecule has 0 saturated carbocycles. The van der Waals surface area contributed by atoms with Gasteiger partial charge in [-0.25, -0.2) is 5.43 Å². The van der Waals surface area contributed by atoms with E-state index in [1.807, 2.05) is 36.4 Å². The molecule has 1 aliphatic rings. The van der Waals surface area contributed by atoms with Gasteiger partial charge in [-0.05, 0) is 50.2 Å². The molecule has 0 radical (unpaired) electrons. The molecular formula is C30H46F3N5O5. The number of nitrogens with one attached hydrogen (secondary N) is 3. The van der Waals surface area contributed by atoms with Crippen LogP contribution in [0.5, 0.6) is 0 Å². The molecule has 10 nitrogen and oxygen atoms in total. The van der Waals surface area contributed by atoms with Crippen LogP contribution >= 0.6 is 0 Å². The topological polar surface area (TPSA) is 135 Å². The largest absolute Gasteiger partial charge is 0.411 e. The summed E-state index contributed by atoms with van der Waals surface area (Å²) in [6.45, 7) is 7.61. The summed E-state index contributed by atoms with van der Waals surface area (Å²) in [4.78, 5) is 43.1. The second-order valence-corrected chi connectivity index (χ2v) is 11.2. The summed E-state index contributed by atoms with van der Waals surface area (Å²) in [5.41, 5.74) is 13.0. The van der Waals surface area contributed by atoms with Crippen molar-refractivity contribution in [3.8, 4) is 0 Å². The molecule has 3 amide bonds. The lowest BCUT2D eigenvalue weighted by Gasteiger charge is -2.34. The number of aryl methyl sites for hydroxylation is 1. The molecule has 2 rings (SSSR count). The SMILES string of the molecule is CCc1cccc(/C=C/CCC(OCC(F)(F)F)C(C)C(=O)NC(ONC(C)C(=O)N2CCCC(C(N)=O)N2)C(C)C)c1. The Kier molecular flexibility index (Phi) is 14.6. The molecule has 5 unspecified atom stereocenters. The number of primary amides is 1. The standard InChI is InChI=1S/C30H46F3N5O5/c1-6-22-12-9-13-23(17-22)11-7-8-15-25(42-18-30(31,32)33)20(4)27(40)35-28(19(2)3)43-37-21(5)29(41)38-16-10-14-24(36-38)26(34)39/h7,9,11-13,17,19-21,24-25,28,36-37H,6,8,10,14-16,18H2,1-5H3,(H2,34,39)(H,35,40)/b11-7+. The zero-order chi connectivity index (χ0) is 32.2. The number of ether oxygens (including phenoxy) is 1. The Morgan fingerprint density at radius 2 is 1.93 bits per heavy atom. The van der Waals surface area contributed by atoms with E-state index in [1.165, 1.54) is 17.5 Å². The molecule has 13 heteroatoms. The van der Waals surface area contributed by atoms with Crippen molar-refractivity contribution in [1.29, 1.82) is 0 Å². The maximum Gasteiger partial charge on any atom is 0.411 e. The van der Waals surface area contributed by atoms with Crippen molar-refractivity contribution in [3.63, 3.8) is 0 Å². The van der Waals surface area contributed by atoms with Crippen LogP contribution in [0.1, 0.15) is 71.4 Å². The van der Waals surface area contributed by atoms with E-state index in [9.17, 15) is 27.6 Å². The van der Waals surface area contributed by atoms with Crippen LogP contribution in [-0.4, -0.2) is 66.5 Å². The second-order valence-electron chi connectivity index (χ2n) is 11.2. The fourth-order valence-corrected chi connectivity index (χ4v) is 4.46. The van der Waals surface area contributed by atoms with E-state index >= 15 is 0 Å². The monoisotopic (exact) mass is 613 g/mol. The van der Waals surface area contributed by atoms with Crippen LogP contribution in [0.15, 0.2) is 30.3 Å². The Labute approximate surface area is 251 Å². The number of nitrogens with zero attached hydrogens (tertiary/aromatic N) is 1. The highest BCUT2D eigenvalue weighted by atomic mass is 19.4. The summed E-state index contributed by atoms with van der Waals surface area (Å²) in [7, 11) is 0. The minimum absolute atomic E-state index is 0.195. The number of alkyl halides is 3. The van der Waals surface area contributed by atoms with E-state index in [-0.39, 0.29) is 18.2 Å². The van der Waals surface area contributed by atoms with E-state index in [0.29, 0.717) is 25.8 Å². The van der Waals surface area contributed by atoms with Crippen molar-refractivity contribution in [2.24, 2.45) is 17.6 Å². The lowest BCUT2D eigenvalue weighted by molar-refractivity contribution is -0.192. The zero-order valence-electron chi connectivity index (χ0n) is 25.6. The smallest absolute Gasteiger partial charge is 0.368 e. The highest BCUT2D eigenvalue weighted by molar-refractivity contribution is 5.83. The molecule has 1 heterocycles. The van der Waals surface area contributed by atoms with Gasteiger partial charge in [0, 0.05) is 12.5 Å². The van der Waals surface area contributed by atoms with E-state index in [4.69, 9.17) is 15.3 Å². The number of hydrazine groups is 1. The lowest BCUT2D eigenvalue weighted by Crippen LogP contribution is -2.60. The molecule has 5 N–H and O–H groups in total. The molecule has 0 aromatic heterocycles. The first-order valence-electron chi connectivity index (χ1n) is 14.7. The minimum atomic E-state index is -4.54. The third-order valence-corrected chi connectivity index (χ3v) is 7.15. The summed E-state index contributed by atoms with van der Waals surface area (Å²) in [6, 6.07) is 6.46. The third kappa shape index (κ3) is 12.6. The fourth-order valence-electron chi connectivity index (χ4n) is 4.46. The number of amides is 3. The van der Waals surface area contributed by atoms with Crippen molar-refractivity contribution in [2.75, 3.05) is 13.2 Å². The Morgan fingerprint density at radius 1 is 1.21 bits per heavy atom. The molecule has 5 atom stereocenters. The fraction of sp³-hybridized carbons (Fsp3) is 0.633. The van der Waals surface area contributed by atoms with Crippen molar-refractivity contribution < 1.29 is 37.1 Å². The molecule has 0 aliphatic carbocycles. The summed E-state index contributed by atoms with van der Waals surface area (Å²) in [6.07, 6.45) is -0.0738. The number of hydrogen-bond acceptors (Lipinski definition) is 7. The van der Waals surface area contributed by atoms with Crippen molar-refractivity contribution in [1.82, 2.24) is 21.2 Å². The molecule has 1 aromatic carbocycles. The summed E-state index contributed by atoms with van der Waals surface area (Å²) in [5, 5.41) is 4.02. The molecule has 242 valence electrons. The number of rotatable bonds is 16. The van der Waals surface area contributed by atoms with Crippen LogP contribution in [0.25, 0.3) is 6.08 Å². The normalized spacial score (nSPS) is 18.8. The number of hydrogen-bond donors (Lipinski definition) is 4. The van der Waals surface area contributed by atoms with Crippen LogP contribution in [0.2, 0.25) is 0 Å². The summed E-state index contributed by atoms with van der Waals surface area (Å²) < 4.78 is 44.1. The van der Waals surface area contributed by atoms with Crippen molar-refractivity contribution in [3.05, 3.63) is 41.5 Å². The van der Waals surface area contributed by atoms with Crippen molar-refractivity contribution >= 4 is 23.8 Å². The molecular weight excluding hydrogens is 567 g/mol. The molecule has 1 aliphatic heterocycles. The van der Waals surface area contributed by atoms with Crippen LogP contribution < -0.4 is 22.0 Å². The van der Waals surface area contributed by atoms with Gasteiger partial charge in [0.05, 0.1) is 12.0 Å². The maximum absolute atomic E-state index is 13.1. The second kappa shape index (κ2) is 17.3. The van der Waals surface area contributed by atoms with Gasteiger partial charge in [0.2, 0.25) is 11.8 Å². The number of hydroxylamine groups is 1. The number of carbonyl (C=O) groups is 3. The minimum Gasteiger partial charge on any atom is -0.368 e. The molecule has 1 fully saturated rings. The van der Waals surface area contributed by atoms with Gasteiger partial charge in [-0.15, -0.1) is 0 Å².